The molecule has 1 heterocycles. The average Bonchev–Trinajstić information content (AvgIpc) is 2.51. The van der Waals surface area contributed by atoms with Gasteiger partial charge in [-0.3, -0.25) is 4.90 Å². The molecule has 1 aliphatic rings. The Morgan fingerprint density at radius 1 is 1.17 bits per heavy atom. The van der Waals surface area contributed by atoms with E-state index >= 15 is 0 Å². The first-order chi connectivity index (χ1) is 10.8. The lowest BCUT2D eigenvalue weighted by molar-refractivity contribution is -0.0525. The minimum atomic E-state index is -5.56. The van der Waals surface area contributed by atoms with E-state index in [1.165, 1.54) is 6.08 Å². The second-order valence-corrected chi connectivity index (χ2v) is 6.16. The summed E-state index contributed by atoms with van der Waals surface area (Å²) < 4.78 is 62.5. The van der Waals surface area contributed by atoms with Gasteiger partial charge in [-0.1, -0.05) is 44.2 Å². The van der Waals surface area contributed by atoms with Crippen molar-refractivity contribution in [2.24, 2.45) is 0 Å². The molecule has 1 aliphatic heterocycles. The van der Waals surface area contributed by atoms with Crippen molar-refractivity contribution in [1.29, 1.82) is 0 Å². The fraction of sp³-hybridized carbons (Fsp3) is 0.467. The Bertz CT molecular complexity index is 613. The molecule has 23 heavy (non-hydrogen) atoms. The Morgan fingerprint density at radius 3 is 2.26 bits per heavy atom. The van der Waals surface area contributed by atoms with Crippen molar-refractivity contribution in [2.75, 3.05) is 13.1 Å². The molecule has 1 aromatic rings. The van der Waals surface area contributed by atoms with Crippen molar-refractivity contribution in [3.63, 3.8) is 0 Å². The van der Waals surface area contributed by atoms with Crippen LogP contribution in [0.2, 0.25) is 0 Å². The van der Waals surface area contributed by atoms with E-state index in [2.05, 4.69) is 4.18 Å². The summed E-state index contributed by atoms with van der Waals surface area (Å²) in [6.07, 6.45) is 1.50. The highest BCUT2D eigenvalue weighted by Gasteiger charge is 2.48. The van der Waals surface area contributed by atoms with Crippen molar-refractivity contribution in [3.8, 4) is 0 Å². The van der Waals surface area contributed by atoms with Crippen LogP contribution in [0.15, 0.2) is 42.2 Å². The molecule has 0 unspecified atom stereocenters. The molecule has 0 atom stereocenters. The first-order valence-corrected chi connectivity index (χ1v) is 8.65. The van der Waals surface area contributed by atoms with Crippen LogP contribution in [0.4, 0.5) is 13.2 Å². The van der Waals surface area contributed by atoms with Crippen LogP contribution in [-0.2, 0) is 20.8 Å². The highest BCUT2D eigenvalue weighted by Crippen LogP contribution is 2.28. The summed E-state index contributed by atoms with van der Waals surface area (Å²) in [7, 11) is -5.56. The van der Waals surface area contributed by atoms with Crippen molar-refractivity contribution in [1.82, 2.24) is 4.90 Å². The quantitative estimate of drug-likeness (QED) is 0.613. The van der Waals surface area contributed by atoms with E-state index in [4.69, 9.17) is 0 Å². The van der Waals surface area contributed by atoms with Gasteiger partial charge in [-0.15, -0.1) is 0 Å². The third-order valence-electron chi connectivity index (χ3n) is 3.00. The molecule has 0 aromatic heterocycles. The number of alkyl halides is 3. The molecule has 0 saturated carbocycles. The Kier molecular flexibility index (Phi) is 7.08. The molecular formula is C15H20F3NO3S. The molecule has 0 radical (unpaired) electrons. The number of rotatable bonds is 4. The van der Waals surface area contributed by atoms with Crippen molar-refractivity contribution in [2.45, 2.75) is 32.3 Å². The summed E-state index contributed by atoms with van der Waals surface area (Å²) in [6.45, 7) is 5.43. The number of halogens is 3. The SMILES string of the molecule is CC.O=S(=O)(OC1=CCN(Cc2ccccc2)CC1)C(F)(F)F. The normalized spacial score (nSPS) is 16.1. The van der Waals surface area contributed by atoms with E-state index in [0.717, 1.165) is 5.56 Å². The van der Waals surface area contributed by atoms with Crippen molar-refractivity contribution >= 4 is 10.1 Å². The van der Waals surface area contributed by atoms with Gasteiger partial charge >= 0.3 is 15.6 Å². The predicted octanol–water partition coefficient (Wildman–Crippen LogP) is 3.67. The van der Waals surface area contributed by atoms with Crippen LogP contribution in [0.1, 0.15) is 25.8 Å². The molecule has 0 amide bonds. The maximum absolute atomic E-state index is 12.2. The summed E-state index contributed by atoms with van der Waals surface area (Å²) in [4.78, 5) is 1.99. The lowest BCUT2D eigenvalue weighted by Gasteiger charge is -2.26. The molecule has 0 aliphatic carbocycles. The molecule has 0 bridgehead atoms. The molecule has 0 N–H and O–H groups in total. The zero-order chi connectivity index (χ0) is 17.5. The molecule has 0 fully saturated rings. The first kappa shape index (κ1) is 19.5. The van der Waals surface area contributed by atoms with Gasteiger partial charge < -0.3 is 4.18 Å². The Morgan fingerprint density at radius 2 is 1.78 bits per heavy atom. The predicted molar refractivity (Wildman–Crippen MR) is 81.8 cm³/mol. The van der Waals surface area contributed by atoms with Gasteiger partial charge in [0.2, 0.25) is 0 Å². The zero-order valence-electron chi connectivity index (χ0n) is 13.0. The van der Waals surface area contributed by atoms with E-state index in [1.807, 2.05) is 49.1 Å². The number of nitrogens with zero attached hydrogens (tertiary/aromatic N) is 1. The highest BCUT2D eigenvalue weighted by atomic mass is 32.2. The maximum atomic E-state index is 12.2. The van der Waals surface area contributed by atoms with Gasteiger partial charge in [-0.05, 0) is 11.6 Å². The number of hydrogen-bond acceptors (Lipinski definition) is 4. The smallest absolute Gasteiger partial charge is 0.381 e. The Hall–Kier alpha value is -1.54. The lowest BCUT2D eigenvalue weighted by Crippen LogP contribution is -2.31. The van der Waals surface area contributed by atoms with Crippen molar-refractivity contribution in [3.05, 3.63) is 47.7 Å². The van der Waals surface area contributed by atoms with Gasteiger partial charge in [0.15, 0.2) is 0 Å². The van der Waals surface area contributed by atoms with E-state index in [1.54, 1.807) is 0 Å². The minimum absolute atomic E-state index is 0.127. The highest BCUT2D eigenvalue weighted by molar-refractivity contribution is 7.87. The van der Waals surface area contributed by atoms with Crippen LogP contribution in [0.3, 0.4) is 0 Å². The molecule has 2 rings (SSSR count). The van der Waals surface area contributed by atoms with Gasteiger partial charge in [-0.2, -0.15) is 21.6 Å². The summed E-state index contributed by atoms with van der Waals surface area (Å²) in [5, 5.41) is 0. The second-order valence-electron chi connectivity index (χ2n) is 4.62. The van der Waals surface area contributed by atoms with Crippen LogP contribution in [0.25, 0.3) is 0 Å². The molecule has 130 valence electrons. The summed E-state index contributed by atoms with van der Waals surface area (Å²) >= 11 is 0. The van der Waals surface area contributed by atoms with E-state index in [0.29, 0.717) is 19.6 Å². The van der Waals surface area contributed by atoms with Gasteiger partial charge in [0.25, 0.3) is 0 Å². The fourth-order valence-corrected chi connectivity index (χ4v) is 2.47. The molecule has 4 nitrogen and oxygen atoms in total. The monoisotopic (exact) mass is 351 g/mol. The summed E-state index contributed by atoms with van der Waals surface area (Å²) in [5.74, 6) is -0.156. The van der Waals surface area contributed by atoms with Gasteiger partial charge in [0, 0.05) is 26.1 Å². The summed E-state index contributed by atoms with van der Waals surface area (Å²) in [6, 6.07) is 9.60. The number of benzene rings is 1. The lowest BCUT2D eigenvalue weighted by atomic mass is 10.1. The minimum Gasteiger partial charge on any atom is -0.381 e. The Balaban J connectivity index is 0.00000127. The topological polar surface area (TPSA) is 46.6 Å². The van der Waals surface area contributed by atoms with Gasteiger partial charge in [0.1, 0.15) is 5.76 Å². The third kappa shape index (κ3) is 5.87. The second kappa shape index (κ2) is 8.35. The van der Waals surface area contributed by atoms with Crippen LogP contribution in [0, 0.1) is 0 Å². The Labute approximate surface area is 134 Å². The molecule has 0 saturated heterocycles. The van der Waals surface area contributed by atoms with E-state index in [-0.39, 0.29) is 12.2 Å². The largest absolute Gasteiger partial charge is 0.534 e. The number of hydrogen-bond donors (Lipinski definition) is 0. The first-order valence-electron chi connectivity index (χ1n) is 7.24. The third-order valence-corrected chi connectivity index (χ3v) is 4.00. The van der Waals surface area contributed by atoms with Crippen molar-refractivity contribution < 1.29 is 25.8 Å². The molecule has 0 spiro atoms. The maximum Gasteiger partial charge on any atom is 0.534 e. The summed E-state index contributed by atoms with van der Waals surface area (Å²) in [5.41, 5.74) is -4.31. The standard InChI is InChI=1S/C13H14F3NO3S.C2H6/c14-13(15,16)21(18,19)20-12-6-8-17(9-7-12)10-11-4-2-1-3-5-11;1-2/h1-6H,7-10H2;1-2H3. The average molecular weight is 351 g/mol. The van der Waals surface area contributed by atoms with Crippen LogP contribution >= 0.6 is 0 Å². The van der Waals surface area contributed by atoms with Crippen LogP contribution in [0.5, 0.6) is 0 Å². The fourth-order valence-electron chi connectivity index (χ4n) is 1.94. The van der Waals surface area contributed by atoms with E-state index < -0.39 is 15.6 Å². The molecule has 8 heteroatoms. The van der Waals surface area contributed by atoms with E-state index in [9.17, 15) is 21.6 Å². The van der Waals surface area contributed by atoms with Gasteiger partial charge in [-0.25, -0.2) is 0 Å². The van der Waals surface area contributed by atoms with Crippen LogP contribution in [-0.4, -0.2) is 31.9 Å². The van der Waals surface area contributed by atoms with Crippen LogP contribution < -0.4 is 0 Å². The molecular weight excluding hydrogens is 331 g/mol. The molecule has 1 aromatic carbocycles. The zero-order valence-corrected chi connectivity index (χ0v) is 13.8. The van der Waals surface area contributed by atoms with Gasteiger partial charge in [0.05, 0.1) is 0 Å².